The lowest BCUT2D eigenvalue weighted by atomic mass is 10.2. The van der Waals surface area contributed by atoms with Crippen LogP contribution >= 0.6 is 11.8 Å². The average Bonchev–Trinajstić information content (AvgIpc) is 2.20. The fraction of sp³-hybridized carbons (Fsp3) is 0.462. The smallest absolute Gasteiger partial charge is 0.316 e. The van der Waals surface area contributed by atoms with Crippen molar-refractivity contribution < 1.29 is 13.9 Å². The van der Waals surface area contributed by atoms with Crippen molar-refractivity contribution in [2.24, 2.45) is 0 Å². The van der Waals surface area contributed by atoms with Gasteiger partial charge in [-0.25, -0.2) is 4.39 Å². The molecule has 0 saturated heterocycles. The number of rotatable bonds is 4. The van der Waals surface area contributed by atoms with Gasteiger partial charge in [0.2, 0.25) is 0 Å². The lowest BCUT2D eigenvalue weighted by Crippen LogP contribution is -2.24. The van der Waals surface area contributed by atoms with E-state index in [1.54, 1.807) is 6.07 Å². The Kier molecular flexibility index (Phi) is 5.02. The van der Waals surface area contributed by atoms with Crippen LogP contribution in [-0.4, -0.2) is 17.3 Å². The van der Waals surface area contributed by atoms with Gasteiger partial charge >= 0.3 is 5.97 Å². The first kappa shape index (κ1) is 14.8. The predicted octanol–water partition coefficient (Wildman–Crippen LogP) is 2.98. The second kappa shape index (κ2) is 6.09. The Morgan fingerprint density at radius 2 is 2.11 bits per heavy atom. The van der Waals surface area contributed by atoms with Crippen LogP contribution in [0.1, 0.15) is 26.3 Å². The Balaban J connectivity index is 2.38. The zero-order chi connectivity index (χ0) is 13.8. The van der Waals surface area contributed by atoms with Gasteiger partial charge in [0.05, 0.1) is 11.4 Å². The van der Waals surface area contributed by atoms with E-state index in [0.29, 0.717) is 5.75 Å². The van der Waals surface area contributed by atoms with E-state index in [1.165, 1.54) is 23.9 Å². The van der Waals surface area contributed by atoms with Crippen LogP contribution in [0.4, 0.5) is 10.1 Å². The van der Waals surface area contributed by atoms with Crippen LogP contribution in [0, 0.1) is 5.82 Å². The van der Waals surface area contributed by atoms with E-state index < -0.39 is 11.4 Å². The highest BCUT2D eigenvalue weighted by Crippen LogP contribution is 2.18. The summed E-state index contributed by atoms with van der Waals surface area (Å²) in [5, 5.41) is 0. The lowest BCUT2D eigenvalue weighted by molar-refractivity contribution is -0.151. The van der Waals surface area contributed by atoms with E-state index in [4.69, 9.17) is 10.5 Å². The van der Waals surface area contributed by atoms with Crippen molar-refractivity contribution in [1.29, 1.82) is 0 Å². The molecule has 0 fully saturated rings. The minimum atomic E-state index is -0.467. The molecular formula is C13H18FNO2S. The van der Waals surface area contributed by atoms with Gasteiger partial charge in [0, 0.05) is 5.75 Å². The summed E-state index contributed by atoms with van der Waals surface area (Å²) in [7, 11) is 0. The Morgan fingerprint density at radius 3 is 2.67 bits per heavy atom. The van der Waals surface area contributed by atoms with E-state index in [9.17, 15) is 9.18 Å². The van der Waals surface area contributed by atoms with Crippen LogP contribution in [0.5, 0.6) is 0 Å². The molecule has 1 aromatic carbocycles. The summed E-state index contributed by atoms with van der Waals surface area (Å²) in [4.78, 5) is 11.4. The summed E-state index contributed by atoms with van der Waals surface area (Å²) in [6, 6.07) is 4.66. The van der Waals surface area contributed by atoms with E-state index >= 15 is 0 Å². The highest BCUT2D eigenvalue weighted by Gasteiger charge is 2.15. The van der Waals surface area contributed by atoms with Gasteiger partial charge < -0.3 is 10.5 Å². The van der Waals surface area contributed by atoms with Gasteiger partial charge in [0.15, 0.2) is 0 Å². The van der Waals surface area contributed by atoms with E-state index in [-0.39, 0.29) is 17.4 Å². The molecule has 0 spiro atoms. The fourth-order valence-electron chi connectivity index (χ4n) is 1.28. The molecule has 0 aliphatic rings. The molecular weight excluding hydrogens is 253 g/mol. The molecule has 0 unspecified atom stereocenters. The first-order valence-corrected chi connectivity index (χ1v) is 6.77. The maximum Gasteiger partial charge on any atom is 0.316 e. The van der Waals surface area contributed by atoms with Crippen molar-refractivity contribution in [3.8, 4) is 0 Å². The molecule has 0 amide bonds. The molecule has 18 heavy (non-hydrogen) atoms. The number of hydrogen-bond donors (Lipinski definition) is 1. The van der Waals surface area contributed by atoms with Crippen molar-refractivity contribution in [3.63, 3.8) is 0 Å². The van der Waals surface area contributed by atoms with E-state index in [1.807, 2.05) is 20.8 Å². The molecule has 0 radical (unpaired) electrons. The summed E-state index contributed by atoms with van der Waals surface area (Å²) < 4.78 is 18.3. The Bertz CT molecular complexity index is 429. The number of hydrogen-bond acceptors (Lipinski definition) is 4. The molecule has 0 atom stereocenters. The number of benzene rings is 1. The van der Waals surface area contributed by atoms with E-state index in [0.717, 1.165) is 5.56 Å². The first-order chi connectivity index (χ1) is 8.28. The molecule has 5 heteroatoms. The standard InChI is InChI=1S/C13H18FNO2S/c1-13(2,3)17-12(16)8-18-7-9-4-5-11(15)10(14)6-9/h4-6H,7-8,15H2,1-3H3. The highest BCUT2D eigenvalue weighted by molar-refractivity contribution is 7.99. The number of nitrogens with two attached hydrogens (primary N) is 1. The van der Waals surface area contributed by atoms with Crippen molar-refractivity contribution in [3.05, 3.63) is 29.6 Å². The van der Waals surface area contributed by atoms with E-state index in [2.05, 4.69) is 0 Å². The molecule has 1 aromatic rings. The molecule has 1 rings (SSSR count). The zero-order valence-corrected chi connectivity index (χ0v) is 11.6. The van der Waals surface area contributed by atoms with Crippen molar-refractivity contribution in [2.45, 2.75) is 32.1 Å². The normalized spacial score (nSPS) is 11.3. The Morgan fingerprint density at radius 1 is 1.44 bits per heavy atom. The highest BCUT2D eigenvalue weighted by atomic mass is 32.2. The minimum absolute atomic E-state index is 0.135. The summed E-state index contributed by atoms with van der Waals surface area (Å²) >= 11 is 1.39. The molecule has 100 valence electrons. The molecule has 0 aliphatic heterocycles. The topological polar surface area (TPSA) is 52.3 Å². The predicted molar refractivity (Wildman–Crippen MR) is 72.8 cm³/mol. The maximum absolute atomic E-state index is 13.2. The second-order valence-corrected chi connectivity index (χ2v) is 5.92. The Labute approximate surface area is 111 Å². The van der Waals surface area contributed by atoms with Crippen LogP contribution < -0.4 is 5.73 Å². The average molecular weight is 271 g/mol. The molecule has 0 aliphatic carbocycles. The van der Waals surface area contributed by atoms with Gasteiger partial charge in [-0.2, -0.15) is 0 Å². The van der Waals surface area contributed by atoms with Gasteiger partial charge in [-0.3, -0.25) is 4.79 Å². The third kappa shape index (κ3) is 5.40. The second-order valence-electron chi connectivity index (χ2n) is 4.94. The number of ether oxygens (including phenoxy) is 1. The number of esters is 1. The number of carbonyl (C=O) groups excluding carboxylic acids is 1. The quantitative estimate of drug-likeness (QED) is 0.675. The van der Waals surface area contributed by atoms with Crippen LogP contribution in [-0.2, 0) is 15.3 Å². The summed E-state index contributed by atoms with van der Waals surface area (Å²) in [6.45, 7) is 5.47. The Hall–Kier alpha value is -1.23. The summed E-state index contributed by atoms with van der Waals surface area (Å²) in [6.07, 6.45) is 0. The van der Waals surface area contributed by atoms with Gasteiger partial charge in [-0.1, -0.05) is 6.07 Å². The summed E-state index contributed by atoms with van der Waals surface area (Å²) in [5.41, 5.74) is 5.85. The van der Waals surface area contributed by atoms with Crippen LogP contribution in [0.2, 0.25) is 0 Å². The van der Waals surface area contributed by atoms with Crippen LogP contribution in [0.15, 0.2) is 18.2 Å². The molecule has 0 heterocycles. The number of nitrogen functional groups attached to an aromatic ring is 1. The molecule has 0 aromatic heterocycles. The van der Waals surface area contributed by atoms with Crippen molar-refractivity contribution >= 4 is 23.4 Å². The minimum Gasteiger partial charge on any atom is -0.459 e. The van der Waals surface area contributed by atoms with Crippen LogP contribution in [0.25, 0.3) is 0 Å². The van der Waals surface area contributed by atoms with Gasteiger partial charge in [0.25, 0.3) is 0 Å². The molecule has 0 bridgehead atoms. The van der Waals surface area contributed by atoms with Crippen molar-refractivity contribution in [1.82, 2.24) is 0 Å². The fourth-order valence-corrected chi connectivity index (χ4v) is 2.03. The first-order valence-electron chi connectivity index (χ1n) is 5.61. The molecule has 2 N–H and O–H groups in total. The van der Waals surface area contributed by atoms with Gasteiger partial charge in [-0.05, 0) is 38.5 Å². The monoisotopic (exact) mass is 271 g/mol. The molecule has 3 nitrogen and oxygen atoms in total. The molecule has 0 saturated carbocycles. The van der Waals surface area contributed by atoms with Gasteiger partial charge in [-0.15, -0.1) is 11.8 Å². The van der Waals surface area contributed by atoms with Crippen LogP contribution in [0.3, 0.4) is 0 Å². The number of halogens is 1. The number of thioether (sulfide) groups is 1. The number of carbonyl (C=O) groups is 1. The number of anilines is 1. The maximum atomic E-state index is 13.2. The largest absolute Gasteiger partial charge is 0.459 e. The third-order valence-electron chi connectivity index (χ3n) is 1.97. The lowest BCUT2D eigenvalue weighted by Gasteiger charge is -2.19. The van der Waals surface area contributed by atoms with Gasteiger partial charge in [0.1, 0.15) is 11.4 Å². The summed E-state index contributed by atoms with van der Waals surface area (Å²) in [5.74, 6) is 0.119. The third-order valence-corrected chi connectivity index (χ3v) is 2.95. The van der Waals surface area contributed by atoms with Crippen molar-refractivity contribution in [2.75, 3.05) is 11.5 Å². The zero-order valence-electron chi connectivity index (χ0n) is 10.8. The SMILES string of the molecule is CC(C)(C)OC(=O)CSCc1ccc(N)c(F)c1.